The lowest BCUT2D eigenvalue weighted by molar-refractivity contribution is 0.0700. The largest absolute Gasteiger partial charge is 0.450 e. The van der Waals surface area contributed by atoms with Crippen molar-refractivity contribution in [3.05, 3.63) is 77.5 Å². The third kappa shape index (κ3) is 4.90. The highest BCUT2D eigenvalue weighted by Crippen LogP contribution is 2.35. The van der Waals surface area contributed by atoms with Gasteiger partial charge in [0.05, 0.1) is 18.5 Å². The van der Waals surface area contributed by atoms with Crippen LogP contribution < -0.4 is 4.84 Å². The third-order valence-corrected chi connectivity index (χ3v) is 5.79. The summed E-state index contributed by atoms with van der Waals surface area (Å²) >= 11 is 0. The summed E-state index contributed by atoms with van der Waals surface area (Å²) in [6, 6.07) is 18.4. The van der Waals surface area contributed by atoms with E-state index < -0.39 is 0 Å². The maximum Gasteiger partial charge on any atom is 0.409 e. The minimum absolute atomic E-state index is 0.220. The molecule has 0 unspecified atom stereocenters. The lowest BCUT2D eigenvalue weighted by Gasteiger charge is -2.31. The van der Waals surface area contributed by atoms with Gasteiger partial charge in [0.15, 0.2) is 0 Å². The Balaban J connectivity index is 1.56. The van der Waals surface area contributed by atoms with Crippen LogP contribution in [0.25, 0.3) is 11.3 Å². The molecule has 0 aliphatic carbocycles. The molecule has 2 aromatic carbocycles. The Morgan fingerprint density at radius 3 is 2.48 bits per heavy atom. The fourth-order valence-electron chi connectivity index (χ4n) is 4.08. The van der Waals surface area contributed by atoms with Crippen molar-refractivity contribution in [3.8, 4) is 11.3 Å². The molecule has 162 valence electrons. The highest BCUT2D eigenvalue weighted by molar-refractivity contribution is 5.68. The minimum Gasteiger partial charge on any atom is -0.450 e. The van der Waals surface area contributed by atoms with Crippen molar-refractivity contribution in [1.29, 1.82) is 0 Å². The number of nitrogens with zero attached hydrogens (tertiary/aromatic N) is 3. The van der Waals surface area contributed by atoms with Gasteiger partial charge in [0, 0.05) is 24.2 Å². The molecule has 0 radical (unpaired) electrons. The Morgan fingerprint density at radius 2 is 1.77 bits per heavy atom. The Bertz CT molecular complexity index is 1010. The van der Waals surface area contributed by atoms with E-state index in [2.05, 4.69) is 19.1 Å². The number of hydrogen-bond acceptors (Lipinski definition) is 4. The fourth-order valence-corrected chi connectivity index (χ4v) is 4.08. The second-order valence-electron chi connectivity index (χ2n) is 7.87. The number of amides is 1. The van der Waals surface area contributed by atoms with Gasteiger partial charge >= 0.3 is 6.09 Å². The number of aromatic nitrogens is 2. The second kappa shape index (κ2) is 9.69. The number of piperidine rings is 1. The molecule has 0 atom stereocenters. The molecule has 1 aromatic heterocycles. The molecule has 1 aliphatic rings. The number of carbonyl (C=O) groups excluding carboxylic acids is 1. The van der Waals surface area contributed by atoms with Crippen LogP contribution in [0.15, 0.2) is 60.8 Å². The van der Waals surface area contributed by atoms with Gasteiger partial charge in [0.25, 0.3) is 0 Å². The lowest BCUT2D eigenvalue weighted by Crippen LogP contribution is -2.38. The Hall–Kier alpha value is -3.28. The molecule has 3 aromatic rings. The van der Waals surface area contributed by atoms with Crippen LogP contribution in [0.2, 0.25) is 0 Å². The summed E-state index contributed by atoms with van der Waals surface area (Å²) in [7, 11) is 0. The standard InChI is InChI=1S/C25H29N3O3/c1-3-30-25(29)27-15-13-21(14-16-27)23-17-28(31-18-20-10-5-4-6-11-20)26-24(23)22-12-8-7-9-19(22)2/h4-12,17,21H,3,13-16,18H2,1-2H3. The zero-order valence-electron chi connectivity index (χ0n) is 18.2. The predicted molar refractivity (Wildman–Crippen MR) is 120 cm³/mol. The van der Waals surface area contributed by atoms with Crippen LogP contribution in [0.1, 0.15) is 42.4 Å². The quantitative estimate of drug-likeness (QED) is 0.575. The first-order valence-corrected chi connectivity index (χ1v) is 10.9. The highest BCUT2D eigenvalue weighted by atomic mass is 16.7. The number of hydrogen-bond donors (Lipinski definition) is 0. The van der Waals surface area contributed by atoms with Crippen molar-refractivity contribution in [2.45, 2.75) is 39.2 Å². The highest BCUT2D eigenvalue weighted by Gasteiger charge is 2.28. The van der Waals surface area contributed by atoms with Gasteiger partial charge in [0.1, 0.15) is 6.61 Å². The van der Waals surface area contributed by atoms with Gasteiger partial charge in [0.2, 0.25) is 0 Å². The number of benzene rings is 2. The molecular weight excluding hydrogens is 390 g/mol. The smallest absolute Gasteiger partial charge is 0.409 e. The summed E-state index contributed by atoms with van der Waals surface area (Å²) in [6.07, 6.45) is 3.54. The van der Waals surface area contributed by atoms with E-state index in [0.29, 0.717) is 32.2 Å². The SMILES string of the molecule is CCOC(=O)N1CCC(c2cn(OCc3ccccc3)nc2-c2ccccc2C)CC1. The van der Waals surface area contributed by atoms with Gasteiger partial charge < -0.3 is 14.5 Å². The van der Waals surface area contributed by atoms with E-state index in [9.17, 15) is 4.79 Å². The maximum absolute atomic E-state index is 12.1. The molecule has 6 nitrogen and oxygen atoms in total. The molecule has 6 heteroatoms. The summed E-state index contributed by atoms with van der Waals surface area (Å²) in [4.78, 5) is 21.4. The van der Waals surface area contributed by atoms with E-state index in [0.717, 1.165) is 29.7 Å². The average Bonchev–Trinajstić information content (AvgIpc) is 3.23. The van der Waals surface area contributed by atoms with Gasteiger partial charge in [-0.3, -0.25) is 0 Å². The summed E-state index contributed by atoms with van der Waals surface area (Å²) in [6.45, 7) is 6.17. The van der Waals surface area contributed by atoms with Gasteiger partial charge in [-0.1, -0.05) is 54.6 Å². The van der Waals surface area contributed by atoms with E-state index in [-0.39, 0.29) is 6.09 Å². The van der Waals surface area contributed by atoms with E-state index in [1.807, 2.05) is 55.6 Å². The van der Waals surface area contributed by atoms with Crippen LogP contribution in [-0.2, 0) is 11.3 Å². The number of rotatable bonds is 6. The van der Waals surface area contributed by atoms with Gasteiger partial charge in [-0.15, -0.1) is 9.94 Å². The first-order chi connectivity index (χ1) is 15.2. The van der Waals surface area contributed by atoms with Crippen LogP contribution in [0.4, 0.5) is 4.79 Å². The van der Waals surface area contributed by atoms with Crippen LogP contribution in [-0.4, -0.2) is 40.6 Å². The number of carbonyl (C=O) groups is 1. The Labute approximate surface area is 183 Å². The van der Waals surface area contributed by atoms with E-state index >= 15 is 0 Å². The van der Waals surface area contributed by atoms with Crippen molar-refractivity contribution in [2.24, 2.45) is 0 Å². The molecule has 2 heterocycles. The summed E-state index contributed by atoms with van der Waals surface area (Å²) in [5.41, 5.74) is 5.53. The third-order valence-electron chi connectivity index (χ3n) is 5.79. The van der Waals surface area contributed by atoms with Crippen LogP contribution in [0.3, 0.4) is 0 Å². The van der Waals surface area contributed by atoms with Crippen molar-refractivity contribution in [2.75, 3.05) is 19.7 Å². The molecule has 0 spiro atoms. The monoisotopic (exact) mass is 419 g/mol. The average molecular weight is 420 g/mol. The Morgan fingerprint density at radius 1 is 1.06 bits per heavy atom. The first-order valence-electron chi connectivity index (χ1n) is 10.9. The summed E-state index contributed by atoms with van der Waals surface area (Å²) < 4.78 is 5.16. The van der Waals surface area contributed by atoms with Crippen LogP contribution in [0, 0.1) is 6.92 Å². The zero-order valence-corrected chi connectivity index (χ0v) is 18.2. The topological polar surface area (TPSA) is 56.6 Å². The van der Waals surface area contributed by atoms with Gasteiger partial charge in [-0.05, 0) is 43.7 Å². The number of aryl methyl sites for hydroxylation is 1. The van der Waals surface area contributed by atoms with Gasteiger partial charge in [-0.25, -0.2) is 4.79 Å². The Kier molecular flexibility index (Phi) is 6.55. The van der Waals surface area contributed by atoms with Crippen LogP contribution >= 0.6 is 0 Å². The molecule has 31 heavy (non-hydrogen) atoms. The minimum atomic E-state index is -0.220. The van der Waals surface area contributed by atoms with Crippen LogP contribution in [0.5, 0.6) is 0 Å². The lowest BCUT2D eigenvalue weighted by atomic mass is 9.87. The fraction of sp³-hybridized carbons (Fsp3) is 0.360. The summed E-state index contributed by atoms with van der Waals surface area (Å²) in [5, 5.41) is 4.80. The second-order valence-corrected chi connectivity index (χ2v) is 7.87. The zero-order chi connectivity index (χ0) is 21.6. The van der Waals surface area contributed by atoms with Crippen molar-refractivity contribution >= 4 is 6.09 Å². The number of ether oxygens (including phenoxy) is 1. The number of likely N-dealkylation sites (tertiary alicyclic amines) is 1. The molecule has 0 bridgehead atoms. The van der Waals surface area contributed by atoms with Crippen molar-refractivity contribution in [3.63, 3.8) is 0 Å². The molecule has 1 fully saturated rings. The molecule has 0 N–H and O–H groups in total. The molecule has 1 aliphatic heterocycles. The predicted octanol–water partition coefficient (Wildman–Crippen LogP) is 4.82. The normalized spacial score (nSPS) is 14.5. The first kappa shape index (κ1) is 21.0. The molecular formula is C25H29N3O3. The molecule has 1 amide bonds. The van der Waals surface area contributed by atoms with Crippen molar-refractivity contribution < 1.29 is 14.4 Å². The summed E-state index contributed by atoms with van der Waals surface area (Å²) in [5.74, 6) is 0.314. The molecule has 0 saturated carbocycles. The van der Waals surface area contributed by atoms with E-state index in [1.54, 1.807) is 9.75 Å². The van der Waals surface area contributed by atoms with E-state index in [4.69, 9.17) is 14.7 Å². The maximum atomic E-state index is 12.1. The van der Waals surface area contributed by atoms with E-state index in [1.165, 1.54) is 11.1 Å². The molecule has 4 rings (SSSR count). The van der Waals surface area contributed by atoms with Crippen molar-refractivity contribution in [1.82, 2.24) is 14.8 Å². The van der Waals surface area contributed by atoms with Gasteiger partial charge in [-0.2, -0.15) is 0 Å². The molecule has 1 saturated heterocycles.